The van der Waals surface area contributed by atoms with Crippen LogP contribution in [0.25, 0.3) is 0 Å². The third-order valence-corrected chi connectivity index (χ3v) is 1.25. The molecule has 0 aromatic carbocycles. The molecule has 0 atom stereocenters. The van der Waals surface area contributed by atoms with Crippen molar-refractivity contribution >= 4 is 42.1 Å². The topological polar surface area (TPSA) is 50.9 Å². The van der Waals surface area contributed by atoms with E-state index in [4.69, 9.17) is 17.4 Å². The van der Waals surface area contributed by atoms with Gasteiger partial charge in [-0.25, -0.2) is 0 Å². The molecule has 1 heterocycles. The summed E-state index contributed by atoms with van der Waals surface area (Å²) in [5.41, 5.74) is 3.04. The van der Waals surface area contributed by atoms with Crippen molar-refractivity contribution in [2.45, 2.75) is 0 Å². The molecule has 0 unspecified atom stereocenters. The Morgan fingerprint density at radius 3 is 2.45 bits per heavy atom. The second-order valence-corrected chi connectivity index (χ2v) is 1.91. The van der Waals surface area contributed by atoms with Gasteiger partial charge < -0.3 is 5.43 Å². The Bertz CT molecular complexity index is 206. The van der Waals surface area contributed by atoms with Gasteiger partial charge >= 0.3 is 0 Å². The predicted molar refractivity (Wildman–Crippen MR) is 51.6 cm³/mol. The summed E-state index contributed by atoms with van der Waals surface area (Å²) in [4.78, 5) is 3.79. The summed E-state index contributed by atoms with van der Waals surface area (Å²) in [6.07, 6.45) is 3.16. The lowest BCUT2D eigenvalue weighted by Crippen LogP contribution is -2.07. The monoisotopic (exact) mass is 215 g/mol. The van der Waals surface area contributed by atoms with Gasteiger partial charge in [-0.1, -0.05) is 11.6 Å². The Kier molecular flexibility index (Phi) is 7.89. The summed E-state index contributed by atoms with van der Waals surface area (Å²) < 4.78 is 0. The number of nitrogens with zero attached hydrogens (tertiary/aromatic N) is 1. The highest BCUT2D eigenvalue weighted by Crippen LogP contribution is 2.16. The van der Waals surface area contributed by atoms with Gasteiger partial charge in [-0.15, -0.1) is 24.8 Å². The van der Waals surface area contributed by atoms with Crippen molar-refractivity contribution in [3.05, 3.63) is 23.5 Å². The van der Waals surface area contributed by atoms with Crippen LogP contribution in [0.5, 0.6) is 0 Å². The fraction of sp³-hybridized carbons (Fsp3) is 0. The molecule has 3 N–H and O–H groups in total. The van der Waals surface area contributed by atoms with Crippen LogP contribution in [0.2, 0.25) is 5.02 Å². The first-order valence-electron chi connectivity index (χ1n) is 2.40. The lowest BCUT2D eigenvalue weighted by atomic mass is 10.4. The van der Waals surface area contributed by atoms with Crippen molar-refractivity contribution in [1.82, 2.24) is 4.98 Å². The number of anilines is 1. The van der Waals surface area contributed by atoms with Crippen molar-refractivity contribution in [2.75, 3.05) is 5.43 Å². The van der Waals surface area contributed by atoms with Crippen LogP contribution in [0.4, 0.5) is 5.69 Å². The molecule has 0 aliphatic carbocycles. The molecule has 0 radical (unpaired) electrons. The lowest BCUT2D eigenvalue weighted by Gasteiger charge is -1.98. The van der Waals surface area contributed by atoms with Gasteiger partial charge in [-0.3, -0.25) is 10.8 Å². The number of rotatable bonds is 1. The second-order valence-electron chi connectivity index (χ2n) is 1.50. The summed E-state index contributed by atoms with van der Waals surface area (Å²) in [5.74, 6) is 5.08. The third-order valence-electron chi connectivity index (χ3n) is 0.923. The van der Waals surface area contributed by atoms with E-state index >= 15 is 0 Å². The van der Waals surface area contributed by atoms with Crippen LogP contribution < -0.4 is 11.3 Å². The first-order chi connectivity index (χ1) is 4.34. The third kappa shape index (κ3) is 3.62. The number of aromatic nitrogens is 1. The standard InChI is InChI=1S/C5H6ClN3.2ClH/c6-4-1-2-8-3-5(4)9-7;;/h1-3,9H,7H2;2*1H. The highest BCUT2D eigenvalue weighted by atomic mass is 35.5. The Labute approximate surface area is 82.1 Å². The van der Waals surface area contributed by atoms with Gasteiger partial charge in [0.2, 0.25) is 0 Å². The predicted octanol–water partition coefficient (Wildman–Crippen LogP) is 1.86. The average molecular weight is 216 g/mol. The van der Waals surface area contributed by atoms with Gasteiger partial charge in [0.05, 0.1) is 16.9 Å². The minimum atomic E-state index is 0. The fourth-order valence-electron chi connectivity index (χ4n) is 0.484. The van der Waals surface area contributed by atoms with Crippen LogP contribution in [-0.2, 0) is 0 Å². The van der Waals surface area contributed by atoms with E-state index in [1.165, 1.54) is 0 Å². The molecule has 1 aromatic heterocycles. The molecule has 0 bridgehead atoms. The Morgan fingerprint density at radius 1 is 1.45 bits per heavy atom. The maximum absolute atomic E-state index is 5.64. The van der Waals surface area contributed by atoms with Crippen molar-refractivity contribution in [1.29, 1.82) is 0 Å². The second kappa shape index (κ2) is 6.49. The molecule has 0 spiro atoms. The van der Waals surface area contributed by atoms with Gasteiger partial charge in [-0.05, 0) is 6.07 Å². The number of hydrogen-bond donors (Lipinski definition) is 2. The van der Waals surface area contributed by atoms with Gasteiger partial charge in [0.15, 0.2) is 0 Å². The Morgan fingerprint density at radius 2 is 2.09 bits per heavy atom. The minimum Gasteiger partial charge on any atom is -0.321 e. The van der Waals surface area contributed by atoms with E-state index in [0.717, 1.165) is 0 Å². The molecule has 0 fully saturated rings. The molecule has 0 amide bonds. The van der Waals surface area contributed by atoms with Gasteiger partial charge in [0.25, 0.3) is 0 Å². The summed E-state index contributed by atoms with van der Waals surface area (Å²) in [7, 11) is 0. The van der Waals surface area contributed by atoms with Crippen molar-refractivity contribution in [3.8, 4) is 0 Å². The smallest absolute Gasteiger partial charge is 0.0858 e. The zero-order valence-corrected chi connectivity index (χ0v) is 7.84. The molecular weight excluding hydrogens is 208 g/mol. The van der Waals surface area contributed by atoms with Crippen molar-refractivity contribution in [3.63, 3.8) is 0 Å². The zero-order chi connectivity index (χ0) is 6.69. The molecule has 0 saturated carbocycles. The number of halogens is 3. The van der Waals surface area contributed by atoms with E-state index in [1.807, 2.05) is 0 Å². The van der Waals surface area contributed by atoms with E-state index in [0.29, 0.717) is 10.7 Å². The molecule has 1 rings (SSSR count). The zero-order valence-electron chi connectivity index (χ0n) is 5.45. The molecule has 64 valence electrons. The molecule has 6 heteroatoms. The van der Waals surface area contributed by atoms with Crippen LogP contribution in [0.1, 0.15) is 0 Å². The maximum Gasteiger partial charge on any atom is 0.0858 e. The van der Waals surface area contributed by atoms with E-state index in [9.17, 15) is 0 Å². The summed E-state index contributed by atoms with van der Waals surface area (Å²) in [5, 5.41) is 0.576. The molecule has 0 aliphatic rings. The molecule has 0 saturated heterocycles. The summed E-state index contributed by atoms with van der Waals surface area (Å²) in [6, 6.07) is 1.66. The maximum atomic E-state index is 5.64. The van der Waals surface area contributed by atoms with E-state index in [2.05, 4.69) is 10.4 Å². The summed E-state index contributed by atoms with van der Waals surface area (Å²) in [6.45, 7) is 0. The Balaban J connectivity index is 0. The number of nitrogens with two attached hydrogens (primary N) is 1. The van der Waals surface area contributed by atoms with Crippen LogP contribution >= 0.6 is 36.4 Å². The number of hydrazine groups is 1. The molecular formula is C5H8Cl3N3. The van der Waals surface area contributed by atoms with Crippen LogP contribution in [-0.4, -0.2) is 4.98 Å². The SMILES string of the molecule is Cl.Cl.NNc1cnccc1Cl. The average Bonchev–Trinajstić information content (AvgIpc) is 1.89. The van der Waals surface area contributed by atoms with Gasteiger partial charge in [0.1, 0.15) is 0 Å². The molecule has 3 nitrogen and oxygen atoms in total. The first-order valence-corrected chi connectivity index (χ1v) is 2.78. The number of nitrogens with one attached hydrogen (secondary N) is 1. The van der Waals surface area contributed by atoms with Crippen molar-refractivity contribution in [2.24, 2.45) is 5.84 Å². The quantitative estimate of drug-likeness (QED) is 0.557. The number of hydrogen-bond acceptors (Lipinski definition) is 3. The largest absolute Gasteiger partial charge is 0.321 e. The van der Waals surface area contributed by atoms with Gasteiger partial charge in [-0.2, -0.15) is 0 Å². The summed E-state index contributed by atoms with van der Waals surface area (Å²) >= 11 is 5.64. The number of nitrogen functional groups attached to an aromatic ring is 1. The van der Waals surface area contributed by atoms with E-state index in [1.54, 1.807) is 18.5 Å². The van der Waals surface area contributed by atoms with Crippen LogP contribution in [0.3, 0.4) is 0 Å². The molecule has 0 aliphatic heterocycles. The number of pyridine rings is 1. The normalized spacial score (nSPS) is 7.45. The van der Waals surface area contributed by atoms with Gasteiger partial charge in [0, 0.05) is 6.20 Å². The first kappa shape index (κ1) is 13.4. The highest BCUT2D eigenvalue weighted by molar-refractivity contribution is 6.33. The minimum absolute atomic E-state index is 0. The molecule has 1 aromatic rings. The van der Waals surface area contributed by atoms with Crippen LogP contribution in [0, 0.1) is 0 Å². The van der Waals surface area contributed by atoms with Crippen molar-refractivity contribution < 1.29 is 0 Å². The highest BCUT2D eigenvalue weighted by Gasteiger charge is 1.92. The lowest BCUT2D eigenvalue weighted by molar-refractivity contribution is 1.27. The molecule has 11 heavy (non-hydrogen) atoms. The van der Waals surface area contributed by atoms with E-state index in [-0.39, 0.29) is 24.8 Å². The van der Waals surface area contributed by atoms with Crippen LogP contribution in [0.15, 0.2) is 18.5 Å². The van der Waals surface area contributed by atoms with E-state index < -0.39 is 0 Å². The Hall–Kier alpha value is -0.220. The fourth-order valence-corrected chi connectivity index (χ4v) is 0.643.